The second-order valence-electron chi connectivity index (χ2n) is 9.44. The fraction of sp³-hybridized carbons (Fsp3) is 0.467. The molecule has 2 aliphatic rings. The van der Waals surface area contributed by atoms with E-state index in [0.29, 0.717) is 25.7 Å². The van der Waals surface area contributed by atoms with Crippen molar-refractivity contribution >= 4 is 81.8 Å². The van der Waals surface area contributed by atoms with Gasteiger partial charge in [0.15, 0.2) is 23.4 Å². The lowest BCUT2D eigenvalue weighted by Crippen LogP contribution is -2.35. The van der Waals surface area contributed by atoms with Crippen LogP contribution in [0.2, 0.25) is 0 Å². The average Bonchev–Trinajstić information content (AvgIpc) is 2.97. The van der Waals surface area contributed by atoms with Crippen LogP contribution in [0, 0.1) is 11.8 Å². The number of ketones is 2. The van der Waals surface area contributed by atoms with Crippen molar-refractivity contribution in [2.45, 2.75) is 53.4 Å². The summed E-state index contributed by atoms with van der Waals surface area (Å²) >= 11 is 26.0. The van der Waals surface area contributed by atoms with Gasteiger partial charge in [0.05, 0.1) is 36.5 Å². The van der Waals surface area contributed by atoms with Crippen LogP contribution >= 0.6 is 46.4 Å². The zero-order chi connectivity index (χ0) is 33.1. The van der Waals surface area contributed by atoms with E-state index in [2.05, 4.69) is 0 Å². The summed E-state index contributed by atoms with van der Waals surface area (Å²) in [5, 5.41) is -1.65. The van der Waals surface area contributed by atoms with Crippen LogP contribution in [0.5, 0.6) is 0 Å². The van der Waals surface area contributed by atoms with Gasteiger partial charge in [-0.3, -0.25) is 19.2 Å². The molecular formula is C30H32Cl4O10. The first-order chi connectivity index (χ1) is 20.9. The minimum absolute atomic E-state index is 0.0195. The van der Waals surface area contributed by atoms with Gasteiger partial charge in [0.1, 0.15) is 11.1 Å². The van der Waals surface area contributed by atoms with Gasteiger partial charge in [0.2, 0.25) is 0 Å². The summed E-state index contributed by atoms with van der Waals surface area (Å²) in [7, 11) is 0. The van der Waals surface area contributed by atoms with E-state index in [1.807, 2.05) is 0 Å². The molecule has 0 bridgehead atoms. The lowest BCUT2D eigenvalue weighted by Gasteiger charge is -2.24. The third kappa shape index (κ3) is 8.41. The molecule has 14 heteroatoms. The number of carbonyl (C=O) groups is 6. The molecule has 10 nitrogen and oxygen atoms in total. The van der Waals surface area contributed by atoms with Crippen LogP contribution in [-0.2, 0) is 47.7 Å². The maximum absolute atomic E-state index is 13.3. The van der Waals surface area contributed by atoms with Gasteiger partial charge in [-0.25, -0.2) is 9.59 Å². The lowest BCUT2D eigenvalue weighted by molar-refractivity contribution is -0.152. The van der Waals surface area contributed by atoms with E-state index < -0.39 is 68.5 Å². The SMILES string of the molecule is CCCOC(=O)C1=C(Cl)C(C=CC2=C(Cl)C(C(=O)OCCC)C(=O)C(C(=O)OCCC)=C2Cl)=C(Cl)C(C(=O)OCCC)C1=O. The Morgan fingerprint density at radius 3 is 1.16 bits per heavy atom. The molecule has 240 valence electrons. The fourth-order valence-electron chi connectivity index (χ4n) is 3.90. The molecule has 0 aliphatic heterocycles. The Bertz CT molecular complexity index is 1270. The first-order valence-corrected chi connectivity index (χ1v) is 15.4. The van der Waals surface area contributed by atoms with E-state index in [1.54, 1.807) is 27.7 Å². The van der Waals surface area contributed by atoms with Crippen LogP contribution in [-0.4, -0.2) is 61.9 Å². The van der Waals surface area contributed by atoms with Crippen molar-refractivity contribution in [1.29, 1.82) is 0 Å². The predicted molar refractivity (Wildman–Crippen MR) is 163 cm³/mol. The molecule has 2 aliphatic carbocycles. The number of esters is 4. The molecule has 0 saturated carbocycles. The van der Waals surface area contributed by atoms with Gasteiger partial charge in [-0.15, -0.1) is 0 Å². The fourth-order valence-corrected chi connectivity index (χ4v) is 5.36. The Labute approximate surface area is 274 Å². The average molecular weight is 694 g/mol. The summed E-state index contributed by atoms with van der Waals surface area (Å²) < 4.78 is 20.5. The van der Waals surface area contributed by atoms with Crippen molar-refractivity contribution < 1.29 is 47.7 Å². The summed E-state index contributed by atoms with van der Waals surface area (Å²) in [6.45, 7) is 6.86. The number of hydrogen-bond donors (Lipinski definition) is 0. The number of rotatable bonds is 14. The standard InChI is InChI=1S/C30H32Cl4O10/c1-5-11-41-27(37)17-21(31)15(22(32)18(25(17)35)28(38)42-12-6-2)9-10-16-23(33)19(29(39)43-13-7-3)26(36)20(24(16)34)30(40)44-14-8-4/h9-10,17,19H,5-8,11-14H2,1-4H3. The minimum Gasteiger partial charge on any atom is -0.465 e. The number of Topliss-reactive ketones (excluding diaryl/α,β-unsaturated/α-hetero) is 2. The Morgan fingerprint density at radius 2 is 0.864 bits per heavy atom. The van der Waals surface area contributed by atoms with Gasteiger partial charge in [0, 0.05) is 21.2 Å². The highest BCUT2D eigenvalue weighted by Crippen LogP contribution is 2.42. The Hall–Kier alpha value is -2.92. The molecule has 0 saturated heterocycles. The van der Waals surface area contributed by atoms with Crippen LogP contribution < -0.4 is 0 Å². The molecule has 0 spiro atoms. The van der Waals surface area contributed by atoms with Crippen LogP contribution in [0.4, 0.5) is 0 Å². The first-order valence-electron chi connectivity index (χ1n) is 13.9. The number of hydrogen-bond acceptors (Lipinski definition) is 10. The van der Waals surface area contributed by atoms with Crippen LogP contribution in [0.15, 0.2) is 54.6 Å². The molecule has 0 heterocycles. The quantitative estimate of drug-likeness (QED) is 0.0960. The predicted octanol–water partition coefficient (Wildman–Crippen LogP) is 5.72. The zero-order valence-corrected chi connectivity index (χ0v) is 27.6. The minimum atomic E-state index is -1.74. The van der Waals surface area contributed by atoms with Crippen molar-refractivity contribution in [3.8, 4) is 0 Å². The molecule has 0 amide bonds. The second-order valence-corrected chi connectivity index (χ2v) is 11.0. The highest BCUT2D eigenvalue weighted by atomic mass is 35.5. The van der Waals surface area contributed by atoms with E-state index >= 15 is 0 Å². The highest BCUT2D eigenvalue weighted by molar-refractivity contribution is 6.47. The summed E-state index contributed by atoms with van der Waals surface area (Å²) in [5.74, 6) is -9.71. The molecule has 0 aromatic carbocycles. The smallest absolute Gasteiger partial charge is 0.343 e. The van der Waals surface area contributed by atoms with Crippen molar-refractivity contribution in [2.24, 2.45) is 11.8 Å². The third-order valence-corrected chi connectivity index (χ3v) is 7.65. The normalized spacial score (nSPS) is 19.2. The molecule has 0 fully saturated rings. The number of allylic oxidation sites excluding steroid dienone is 6. The maximum Gasteiger partial charge on any atom is 0.343 e. The highest BCUT2D eigenvalue weighted by Gasteiger charge is 2.45. The van der Waals surface area contributed by atoms with Gasteiger partial charge in [-0.2, -0.15) is 0 Å². The molecule has 2 atom stereocenters. The van der Waals surface area contributed by atoms with E-state index in [0.717, 1.165) is 0 Å². The van der Waals surface area contributed by atoms with Crippen LogP contribution in [0.1, 0.15) is 53.4 Å². The first kappa shape index (κ1) is 37.3. The lowest BCUT2D eigenvalue weighted by atomic mass is 9.86. The number of ether oxygens (including phenoxy) is 4. The Morgan fingerprint density at radius 1 is 0.568 bits per heavy atom. The number of halogens is 4. The molecule has 0 N–H and O–H groups in total. The topological polar surface area (TPSA) is 139 Å². The number of carbonyl (C=O) groups excluding carboxylic acids is 6. The molecule has 2 rings (SSSR count). The van der Waals surface area contributed by atoms with E-state index in [9.17, 15) is 28.8 Å². The van der Waals surface area contributed by atoms with Gasteiger partial charge in [0.25, 0.3) is 0 Å². The van der Waals surface area contributed by atoms with Crippen molar-refractivity contribution in [3.05, 3.63) is 54.6 Å². The molecule has 0 radical (unpaired) electrons. The Kier molecular flexibility index (Phi) is 14.9. The summed E-state index contributed by atoms with van der Waals surface area (Å²) in [6.07, 6.45) is 4.12. The largest absolute Gasteiger partial charge is 0.465 e. The zero-order valence-electron chi connectivity index (χ0n) is 24.6. The van der Waals surface area contributed by atoms with Crippen LogP contribution in [0.25, 0.3) is 0 Å². The molecule has 0 aromatic rings. The Balaban J connectivity index is 2.77. The summed E-state index contributed by atoms with van der Waals surface area (Å²) in [4.78, 5) is 77.9. The second kappa shape index (κ2) is 17.5. The third-order valence-electron chi connectivity index (χ3n) is 6.02. The molecule has 0 aromatic heterocycles. The maximum atomic E-state index is 13.3. The van der Waals surface area contributed by atoms with Gasteiger partial charge in [-0.1, -0.05) is 86.3 Å². The van der Waals surface area contributed by atoms with Gasteiger partial charge >= 0.3 is 23.9 Å². The van der Waals surface area contributed by atoms with Crippen molar-refractivity contribution in [1.82, 2.24) is 0 Å². The molecular weight excluding hydrogens is 662 g/mol. The van der Waals surface area contributed by atoms with E-state index in [4.69, 9.17) is 65.4 Å². The monoisotopic (exact) mass is 692 g/mol. The van der Waals surface area contributed by atoms with Gasteiger partial charge in [-0.05, 0) is 25.7 Å². The van der Waals surface area contributed by atoms with Crippen molar-refractivity contribution in [3.63, 3.8) is 0 Å². The molecule has 44 heavy (non-hydrogen) atoms. The van der Waals surface area contributed by atoms with Crippen LogP contribution in [0.3, 0.4) is 0 Å². The van der Waals surface area contributed by atoms with E-state index in [1.165, 1.54) is 12.2 Å². The van der Waals surface area contributed by atoms with E-state index in [-0.39, 0.29) is 47.6 Å². The molecule has 2 unspecified atom stereocenters. The van der Waals surface area contributed by atoms with Crippen molar-refractivity contribution in [2.75, 3.05) is 26.4 Å². The summed E-state index contributed by atoms with van der Waals surface area (Å²) in [5.41, 5.74) is -1.61. The summed E-state index contributed by atoms with van der Waals surface area (Å²) in [6, 6.07) is 0. The van der Waals surface area contributed by atoms with Gasteiger partial charge < -0.3 is 18.9 Å².